The highest BCUT2D eigenvalue weighted by molar-refractivity contribution is 5.80. The third-order valence-corrected chi connectivity index (χ3v) is 2.22. The van der Waals surface area contributed by atoms with Gasteiger partial charge in [0.05, 0.1) is 6.33 Å². The highest BCUT2D eigenvalue weighted by atomic mass is 15.2. The summed E-state index contributed by atoms with van der Waals surface area (Å²) in [5, 5.41) is 13.9. The number of nitrogens with one attached hydrogen (secondary N) is 2. The van der Waals surface area contributed by atoms with Gasteiger partial charge in [-0.15, -0.1) is 0 Å². The second-order valence-electron chi connectivity index (χ2n) is 3.55. The number of likely N-dealkylation sites (N-methyl/N-ethyl adjacent to an activating group) is 1. The minimum atomic E-state index is 0.474. The number of guanidine groups is 1. The van der Waals surface area contributed by atoms with Crippen molar-refractivity contribution in [1.29, 1.82) is 5.26 Å². The second-order valence-corrected chi connectivity index (χ2v) is 3.55. The van der Waals surface area contributed by atoms with Crippen molar-refractivity contribution in [2.24, 2.45) is 12.0 Å². The maximum atomic E-state index is 8.45. The monoisotopic (exact) mass is 235 g/mol. The molecule has 1 rings (SSSR count). The summed E-state index contributed by atoms with van der Waals surface area (Å²) in [6, 6.07) is 0. The Bertz CT molecular complexity index is 415. The summed E-state index contributed by atoms with van der Waals surface area (Å²) in [7, 11) is 5.51. The smallest absolute Gasteiger partial charge is 0.204 e. The Balaban J connectivity index is 2.34. The van der Waals surface area contributed by atoms with E-state index in [0.717, 1.165) is 12.4 Å². The zero-order chi connectivity index (χ0) is 12.7. The standard InChI is InChI=1S/C10H17N7/c1-12-10(14-7-11)13-4-5-17(3)9-6-16(2)8-15-9/h6,8H,4-5H2,1-3H3,(H2,12,13,14). The molecule has 92 valence electrons. The molecule has 0 aromatic carbocycles. The summed E-state index contributed by atoms with van der Waals surface area (Å²) in [6.45, 7) is 1.44. The van der Waals surface area contributed by atoms with Gasteiger partial charge in [-0.25, -0.2) is 4.98 Å². The van der Waals surface area contributed by atoms with Gasteiger partial charge in [0.25, 0.3) is 0 Å². The van der Waals surface area contributed by atoms with E-state index in [9.17, 15) is 0 Å². The number of anilines is 1. The van der Waals surface area contributed by atoms with E-state index in [1.807, 2.05) is 36.0 Å². The summed E-state index contributed by atoms with van der Waals surface area (Å²) >= 11 is 0. The van der Waals surface area contributed by atoms with E-state index in [1.165, 1.54) is 0 Å². The molecule has 0 fully saturated rings. The molecule has 0 aliphatic rings. The van der Waals surface area contributed by atoms with E-state index in [4.69, 9.17) is 5.26 Å². The fourth-order valence-electron chi connectivity index (χ4n) is 1.28. The Kier molecular flexibility index (Phi) is 4.81. The van der Waals surface area contributed by atoms with Crippen LogP contribution in [0.1, 0.15) is 0 Å². The topological polar surface area (TPSA) is 81.3 Å². The molecule has 1 heterocycles. The lowest BCUT2D eigenvalue weighted by Gasteiger charge is -2.16. The van der Waals surface area contributed by atoms with Crippen LogP contribution in [0.15, 0.2) is 17.5 Å². The first-order chi connectivity index (χ1) is 8.17. The van der Waals surface area contributed by atoms with E-state index in [2.05, 4.69) is 20.6 Å². The quantitative estimate of drug-likeness (QED) is 0.318. The minimum absolute atomic E-state index is 0.474. The molecule has 1 aromatic rings. The van der Waals surface area contributed by atoms with Crippen molar-refractivity contribution in [2.45, 2.75) is 0 Å². The summed E-state index contributed by atoms with van der Waals surface area (Å²) in [6.07, 6.45) is 5.53. The normalized spacial score (nSPS) is 10.8. The van der Waals surface area contributed by atoms with Gasteiger partial charge in [-0.3, -0.25) is 10.3 Å². The molecule has 0 atom stereocenters. The van der Waals surface area contributed by atoms with Crippen molar-refractivity contribution in [3.63, 3.8) is 0 Å². The van der Waals surface area contributed by atoms with Crippen molar-refractivity contribution < 1.29 is 0 Å². The molecule has 0 saturated carbocycles. The van der Waals surface area contributed by atoms with Gasteiger partial charge < -0.3 is 14.8 Å². The number of nitriles is 1. The second kappa shape index (κ2) is 6.37. The van der Waals surface area contributed by atoms with Crippen molar-refractivity contribution >= 4 is 11.8 Å². The first-order valence-electron chi connectivity index (χ1n) is 5.22. The van der Waals surface area contributed by atoms with Crippen LogP contribution in [0.25, 0.3) is 0 Å². The molecule has 0 unspecified atom stereocenters. The van der Waals surface area contributed by atoms with Crippen LogP contribution in [0.3, 0.4) is 0 Å². The lowest BCUT2D eigenvalue weighted by Crippen LogP contribution is -2.39. The Hall–Kier alpha value is -2.23. The van der Waals surface area contributed by atoms with Crippen LogP contribution >= 0.6 is 0 Å². The molecule has 0 spiro atoms. The molecular weight excluding hydrogens is 218 g/mol. The minimum Gasteiger partial charge on any atom is -0.357 e. The Morgan fingerprint density at radius 1 is 1.71 bits per heavy atom. The van der Waals surface area contributed by atoms with Crippen molar-refractivity contribution in [3.8, 4) is 6.19 Å². The summed E-state index contributed by atoms with van der Waals surface area (Å²) in [4.78, 5) is 10.1. The van der Waals surface area contributed by atoms with Gasteiger partial charge in [-0.1, -0.05) is 0 Å². The lowest BCUT2D eigenvalue weighted by atomic mass is 10.5. The Labute approximate surface area is 101 Å². The third kappa shape index (κ3) is 4.03. The van der Waals surface area contributed by atoms with Gasteiger partial charge >= 0.3 is 0 Å². The van der Waals surface area contributed by atoms with Gasteiger partial charge in [0.1, 0.15) is 5.82 Å². The number of hydrogen-bond acceptors (Lipinski definition) is 4. The highest BCUT2D eigenvalue weighted by Crippen LogP contribution is 2.05. The number of imidazole rings is 1. The van der Waals surface area contributed by atoms with E-state index in [1.54, 1.807) is 13.4 Å². The molecule has 0 aliphatic carbocycles. The fraction of sp³-hybridized carbons (Fsp3) is 0.500. The van der Waals surface area contributed by atoms with Crippen LogP contribution in [0.2, 0.25) is 0 Å². The molecule has 7 nitrogen and oxygen atoms in total. The van der Waals surface area contributed by atoms with E-state index in [-0.39, 0.29) is 0 Å². The van der Waals surface area contributed by atoms with Crippen LogP contribution in [0, 0.1) is 11.5 Å². The van der Waals surface area contributed by atoms with Crippen molar-refractivity contribution in [3.05, 3.63) is 12.5 Å². The number of aryl methyl sites for hydroxylation is 1. The number of hydrogen-bond donors (Lipinski definition) is 2. The maximum absolute atomic E-state index is 8.45. The van der Waals surface area contributed by atoms with Crippen LogP contribution in [-0.4, -0.2) is 42.7 Å². The molecule has 7 heteroatoms. The SMILES string of the molecule is CN=C(NC#N)NCCN(C)c1cn(C)cn1. The van der Waals surface area contributed by atoms with Gasteiger partial charge in [-0.05, 0) is 0 Å². The molecule has 1 aromatic heterocycles. The molecule has 2 N–H and O–H groups in total. The average Bonchev–Trinajstić information content (AvgIpc) is 2.74. The predicted molar refractivity (Wildman–Crippen MR) is 66.6 cm³/mol. The Morgan fingerprint density at radius 2 is 2.47 bits per heavy atom. The molecule has 0 aliphatic heterocycles. The number of nitrogens with zero attached hydrogens (tertiary/aromatic N) is 5. The Morgan fingerprint density at radius 3 is 3.00 bits per heavy atom. The largest absolute Gasteiger partial charge is 0.357 e. The summed E-state index contributed by atoms with van der Waals surface area (Å²) < 4.78 is 1.90. The highest BCUT2D eigenvalue weighted by Gasteiger charge is 2.03. The average molecular weight is 235 g/mol. The van der Waals surface area contributed by atoms with E-state index >= 15 is 0 Å². The van der Waals surface area contributed by atoms with E-state index < -0.39 is 0 Å². The van der Waals surface area contributed by atoms with Crippen molar-refractivity contribution in [1.82, 2.24) is 20.2 Å². The van der Waals surface area contributed by atoms with Crippen LogP contribution in [-0.2, 0) is 7.05 Å². The lowest BCUT2D eigenvalue weighted by molar-refractivity contribution is 0.801. The predicted octanol–water partition coefficient (Wildman–Crippen LogP) is -0.498. The summed E-state index contributed by atoms with van der Waals surface area (Å²) in [5.74, 6) is 1.39. The zero-order valence-corrected chi connectivity index (χ0v) is 10.3. The van der Waals surface area contributed by atoms with Gasteiger partial charge in [0.2, 0.25) is 5.96 Å². The fourth-order valence-corrected chi connectivity index (χ4v) is 1.28. The number of aliphatic imine (C=N–C) groups is 1. The van der Waals surface area contributed by atoms with Gasteiger partial charge in [0, 0.05) is 40.4 Å². The molecule has 0 radical (unpaired) electrons. The zero-order valence-electron chi connectivity index (χ0n) is 10.3. The molecule has 0 amide bonds. The van der Waals surface area contributed by atoms with Gasteiger partial charge in [-0.2, -0.15) is 5.26 Å². The molecule has 0 bridgehead atoms. The van der Waals surface area contributed by atoms with Crippen LogP contribution < -0.4 is 15.5 Å². The number of aromatic nitrogens is 2. The number of rotatable bonds is 4. The van der Waals surface area contributed by atoms with Crippen LogP contribution in [0.4, 0.5) is 5.82 Å². The first kappa shape index (κ1) is 12.8. The molecular formula is C10H17N7. The summed E-state index contributed by atoms with van der Waals surface area (Å²) in [5.41, 5.74) is 0. The van der Waals surface area contributed by atoms with E-state index in [0.29, 0.717) is 12.5 Å². The van der Waals surface area contributed by atoms with Crippen LogP contribution in [0.5, 0.6) is 0 Å². The third-order valence-electron chi connectivity index (χ3n) is 2.22. The first-order valence-corrected chi connectivity index (χ1v) is 5.22. The maximum Gasteiger partial charge on any atom is 0.204 e. The molecule has 0 saturated heterocycles. The van der Waals surface area contributed by atoms with Crippen molar-refractivity contribution in [2.75, 3.05) is 32.1 Å². The van der Waals surface area contributed by atoms with Gasteiger partial charge in [0.15, 0.2) is 6.19 Å². The molecule has 17 heavy (non-hydrogen) atoms.